The summed E-state index contributed by atoms with van der Waals surface area (Å²) >= 11 is 5.09. The third-order valence-electron chi connectivity index (χ3n) is 9.48. The summed E-state index contributed by atoms with van der Waals surface area (Å²) in [6.45, 7) is 16.1. The standard InChI is InChI=1S/C38H38N4S3/c1-23-9-14-28-29-20-31(45-35(29)38(6,7)30(28)17-23)24(22-39)18-27-19-32-33(43-27)21-34(44-32)41-40-25-10-12-26(13-11-25)42-36(2,3)15-8-16-37(42,4)5/h9-14,17-21H,8,15-16H2,1-7H3/b24-18+,41-40?. The van der Waals surface area contributed by atoms with E-state index in [2.05, 4.69) is 130 Å². The highest BCUT2D eigenvalue weighted by molar-refractivity contribution is 7.30. The Kier molecular flexibility index (Phi) is 7.20. The summed E-state index contributed by atoms with van der Waals surface area (Å²) in [4.78, 5) is 6.04. The van der Waals surface area contributed by atoms with Crippen molar-refractivity contribution in [2.45, 2.75) is 84.2 Å². The molecule has 1 aliphatic carbocycles. The lowest BCUT2D eigenvalue weighted by atomic mass is 9.79. The van der Waals surface area contributed by atoms with E-state index in [-0.39, 0.29) is 16.5 Å². The van der Waals surface area contributed by atoms with Crippen molar-refractivity contribution in [1.29, 1.82) is 5.26 Å². The molecule has 4 heterocycles. The number of aryl methyl sites for hydroxylation is 1. The zero-order valence-electron chi connectivity index (χ0n) is 27.0. The lowest BCUT2D eigenvalue weighted by molar-refractivity contribution is 0.244. The Labute approximate surface area is 278 Å². The number of hydrogen-bond donors (Lipinski definition) is 0. The predicted octanol–water partition coefficient (Wildman–Crippen LogP) is 12.7. The van der Waals surface area contributed by atoms with Gasteiger partial charge in [0, 0.05) is 46.2 Å². The first-order chi connectivity index (χ1) is 21.4. The Morgan fingerprint density at radius 3 is 2.22 bits per heavy atom. The summed E-state index contributed by atoms with van der Waals surface area (Å²) in [7, 11) is 0. The van der Waals surface area contributed by atoms with E-state index in [9.17, 15) is 5.26 Å². The quantitative estimate of drug-likeness (QED) is 0.141. The van der Waals surface area contributed by atoms with Crippen molar-refractivity contribution in [3.8, 4) is 17.2 Å². The van der Waals surface area contributed by atoms with Crippen molar-refractivity contribution in [1.82, 2.24) is 0 Å². The molecule has 1 fully saturated rings. The molecule has 0 bridgehead atoms. The van der Waals surface area contributed by atoms with Crippen LogP contribution in [0.1, 0.15) is 86.6 Å². The number of azo groups is 1. The molecule has 5 aromatic rings. The molecule has 2 aromatic carbocycles. The van der Waals surface area contributed by atoms with E-state index < -0.39 is 0 Å². The van der Waals surface area contributed by atoms with E-state index in [1.54, 1.807) is 34.0 Å². The number of hydrogen-bond acceptors (Lipinski definition) is 7. The van der Waals surface area contributed by atoms with Gasteiger partial charge in [0.2, 0.25) is 0 Å². The van der Waals surface area contributed by atoms with Gasteiger partial charge >= 0.3 is 0 Å². The van der Waals surface area contributed by atoms with Gasteiger partial charge in [-0.25, -0.2) is 0 Å². The average molecular weight is 647 g/mol. The van der Waals surface area contributed by atoms with Crippen LogP contribution in [0.5, 0.6) is 0 Å². The fraction of sp³-hybridized carbons (Fsp3) is 0.342. The molecule has 0 spiro atoms. The fourth-order valence-electron chi connectivity index (χ4n) is 7.45. The number of anilines is 1. The van der Waals surface area contributed by atoms with Crippen LogP contribution in [0, 0.1) is 18.3 Å². The van der Waals surface area contributed by atoms with Crippen LogP contribution in [0.2, 0.25) is 0 Å². The molecule has 0 atom stereocenters. The summed E-state index contributed by atoms with van der Waals surface area (Å²) in [5.41, 5.74) is 8.24. The lowest BCUT2D eigenvalue weighted by Gasteiger charge is -2.54. The number of rotatable bonds is 5. The molecule has 0 amide bonds. The minimum absolute atomic E-state index is 0.0557. The summed E-state index contributed by atoms with van der Waals surface area (Å²) < 4.78 is 2.34. The molecule has 0 saturated carbocycles. The van der Waals surface area contributed by atoms with Crippen molar-refractivity contribution in [2.75, 3.05) is 4.90 Å². The molecular formula is C38H38N4S3. The van der Waals surface area contributed by atoms with Crippen molar-refractivity contribution in [3.05, 3.63) is 86.4 Å². The van der Waals surface area contributed by atoms with Gasteiger partial charge in [-0.1, -0.05) is 37.6 Å². The minimum atomic E-state index is -0.0557. The van der Waals surface area contributed by atoms with Gasteiger partial charge < -0.3 is 4.90 Å². The maximum absolute atomic E-state index is 10.1. The Balaban J connectivity index is 1.09. The summed E-state index contributed by atoms with van der Waals surface area (Å²) in [6, 6.07) is 24.2. The molecule has 7 rings (SSSR count). The van der Waals surface area contributed by atoms with Gasteiger partial charge in [-0.05, 0) is 119 Å². The second-order valence-corrected chi connectivity index (χ2v) is 17.4. The number of thiophene rings is 3. The van der Waals surface area contributed by atoms with Gasteiger partial charge in [0.15, 0.2) is 0 Å². The van der Waals surface area contributed by atoms with Crippen LogP contribution < -0.4 is 4.90 Å². The fourth-order valence-corrected chi connectivity index (χ4v) is 10.9. The van der Waals surface area contributed by atoms with Crippen LogP contribution >= 0.6 is 34.0 Å². The average Bonchev–Trinajstić information content (AvgIpc) is 3.71. The molecule has 0 unspecified atom stereocenters. The number of nitriles is 1. The third-order valence-corrected chi connectivity index (χ3v) is 13.1. The number of piperidine rings is 1. The van der Waals surface area contributed by atoms with E-state index in [0.717, 1.165) is 20.4 Å². The first-order valence-electron chi connectivity index (χ1n) is 15.6. The SMILES string of the molecule is Cc1ccc2c(c1)C(C)(C)c1sc(/C(C#N)=C/c3cc4sc(N=Nc5ccc(N6C(C)(C)CCCC6(C)C)cc5)cc4s3)cc1-2. The van der Waals surface area contributed by atoms with Crippen LogP contribution in [-0.2, 0) is 5.41 Å². The first-order valence-corrected chi connectivity index (χ1v) is 18.0. The molecule has 0 radical (unpaired) electrons. The van der Waals surface area contributed by atoms with Crippen LogP contribution in [0.25, 0.3) is 32.2 Å². The molecule has 7 heteroatoms. The zero-order chi connectivity index (χ0) is 31.7. The second kappa shape index (κ2) is 10.8. The largest absolute Gasteiger partial charge is 0.361 e. The van der Waals surface area contributed by atoms with Gasteiger partial charge in [-0.3, -0.25) is 0 Å². The van der Waals surface area contributed by atoms with E-state index in [0.29, 0.717) is 5.57 Å². The first kappa shape index (κ1) is 30.1. The molecule has 1 aliphatic heterocycles. The Hall–Kier alpha value is -3.57. The van der Waals surface area contributed by atoms with Crippen LogP contribution in [0.15, 0.2) is 70.9 Å². The highest BCUT2D eigenvalue weighted by Gasteiger charge is 2.41. The van der Waals surface area contributed by atoms with E-state index in [4.69, 9.17) is 0 Å². The number of nitrogens with zero attached hydrogens (tertiary/aromatic N) is 4. The minimum Gasteiger partial charge on any atom is -0.361 e. The summed E-state index contributed by atoms with van der Waals surface area (Å²) in [5.74, 6) is 0. The van der Waals surface area contributed by atoms with Gasteiger partial charge in [0.05, 0.1) is 11.3 Å². The van der Waals surface area contributed by atoms with Crippen molar-refractivity contribution < 1.29 is 0 Å². The van der Waals surface area contributed by atoms with Crippen LogP contribution in [0.3, 0.4) is 0 Å². The van der Waals surface area contributed by atoms with E-state index >= 15 is 0 Å². The normalized spacial score (nSPS) is 18.4. The molecule has 2 aliphatic rings. The number of allylic oxidation sites excluding steroid dienone is 1. The molecular weight excluding hydrogens is 609 g/mol. The summed E-state index contributed by atoms with van der Waals surface area (Å²) in [5, 5.41) is 20.2. The van der Waals surface area contributed by atoms with Gasteiger partial charge in [-0.2, -0.15) is 5.26 Å². The highest BCUT2D eigenvalue weighted by atomic mass is 32.1. The van der Waals surface area contributed by atoms with Gasteiger partial charge in [0.25, 0.3) is 0 Å². The summed E-state index contributed by atoms with van der Waals surface area (Å²) in [6.07, 6.45) is 5.70. The van der Waals surface area contributed by atoms with Gasteiger partial charge in [0.1, 0.15) is 11.1 Å². The van der Waals surface area contributed by atoms with E-state index in [1.165, 1.54) is 61.5 Å². The number of fused-ring (bicyclic) bond motifs is 4. The molecule has 4 nitrogen and oxygen atoms in total. The second-order valence-electron chi connectivity index (χ2n) is 14.2. The Morgan fingerprint density at radius 2 is 1.53 bits per heavy atom. The topological polar surface area (TPSA) is 51.8 Å². The molecule has 0 N–H and O–H groups in total. The number of benzene rings is 2. The Morgan fingerprint density at radius 1 is 0.822 bits per heavy atom. The van der Waals surface area contributed by atoms with Crippen LogP contribution in [-0.4, -0.2) is 11.1 Å². The molecule has 228 valence electrons. The maximum atomic E-state index is 10.1. The van der Waals surface area contributed by atoms with Crippen LogP contribution in [0.4, 0.5) is 16.4 Å². The molecule has 1 saturated heterocycles. The van der Waals surface area contributed by atoms with Gasteiger partial charge in [-0.15, -0.1) is 44.2 Å². The third kappa shape index (κ3) is 5.27. The monoisotopic (exact) mass is 646 g/mol. The predicted molar refractivity (Wildman–Crippen MR) is 195 cm³/mol. The smallest absolute Gasteiger partial charge is 0.140 e. The Bertz CT molecular complexity index is 1990. The highest BCUT2D eigenvalue weighted by Crippen LogP contribution is 2.53. The van der Waals surface area contributed by atoms with Crippen molar-refractivity contribution >= 4 is 71.4 Å². The maximum Gasteiger partial charge on any atom is 0.140 e. The van der Waals surface area contributed by atoms with Crippen molar-refractivity contribution in [2.24, 2.45) is 10.2 Å². The molecule has 3 aromatic heterocycles. The molecule has 45 heavy (non-hydrogen) atoms. The zero-order valence-corrected chi connectivity index (χ0v) is 29.4. The lowest BCUT2D eigenvalue weighted by Crippen LogP contribution is -2.58. The van der Waals surface area contributed by atoms with E-state index in [1.807, 2.05) is 6.08 Å². The van der Waals surface area contributed by atoms with Crippen molar-refractivity contribution in [3.63, 3.8) is 0 Å².